The van der Waals surface area contributed by atoms with Crippen molar-refractivity contribution in [3.63, 3.8) is 0 Å². The Kier molecular flexibility index (Phi) is 7.04. The Morgan fingerprint density at radius 3 is 1.70 bits per heavy atom. The van der Waals surface area contributed by atoms with Crippen molar-refractivity contribution in [2.45, 2.75) is 5.92 Å². The Hall–Kier alpha value is -8.17. The third-order valence-corrected chi connectivity index (χ3v) is 11.7. The molecule has 0 fully saturated rings. The van der Waals surface area contributed by atoms with Crippen LogP contribution in [0.25, 0.3) is 77.2 Å². The third-order valence-electron chi connectivity index (χ3n) is 11.7. The average molecular weight is 724 g/mol. The van der Waals surface area contributed by atoms with E-state index in [2.05, 4.69) is 137 Å². The molecule has 5 heteroatoms. The predicted molar refractivity (Wildman–Crippen MR) is 228 cm³/mol. The fourth-order valence-electron chi connectivity index (χ4n) is 9.45. The number of hydrogen-bond acceptors (Lipinski definition) is 3. The molecule has 0 saturated heterocycles. The van der Waals surface area contributed by atoms with Crippen molar-refractivity contribution in [2.24, 2.45) is 0 Å². The van der Waals surface area contributed by atoms with Gasteiger partial charge in [-0.3, -0.25) is 0 Å². The lowest BCUT2D eigenvalue weighted by molar-refractivity contribution is 1.02. The van der Waals surface area contributed by atoms with Gasteiger partial charge >= 0.3 is 0 Å². The first kappa shape index (κ1) is 32.3. The summed E-state index contributed by atoms with van der Waals surface area (Å²) in [4.78, 5) is 0. The number of para-hydroxylation sites is 3. The van der Waals surface area contributed by atoms with Crippen molar-refractivity contribution in [1.29, 1.82) is 15.8 Å². The van der Waals surface area contributed by atoms with Gasteiger partial charge in [0.2, 0.25) is 0 Å². The smallest absolute Gasteiger partial charge is 0.103 e. The largest absolute Gasteiger partial charge is 0.309 e. The van der Waals surface area contributed by atoms with Gasteiger partial charge in [-0.2, -0.15) is 15.8 Å². The second-order valence-electron chi connectivity index (χ2n) is 14.5. The van der Waals surface area contributed by atoms with Crippen LogP contribution in [0.4, 0.5) is 0 Å². The molecule has 1 aliphatic carbocycles. The van der Waals surface area contributed by atoms with Crippen LogP contribution < -0.4 is 0 Å². The highest BCUT2D eigenvalue weighted by molar-refractivity contribution is 6.18. The first-order valence-electron chi connectivity index (χ1n) is 18.9. The van der Waals surface area contributed by atoms with Crippen LogP contribution in [0, 0.1) is 34.0 Å². The van der Waals surface area contributed by atoms with Crippen LogP contribution in [0.2, 0.25) is 0 Å². The molecule has 2 heterocycles. The van der Waals surface area contributed by atoms with Crippen LogP contribution in [0.3, 0.4) is 0 Å². The number of aromatic nitrogens is 2. The SMILES string of the molecule is N#Cc1ccc(-n2c3ccccc3c3ccccc32)c(-c2ccc(-n3c4ccccc4c4c5c(ccc43)C(c3ccccc3)c3ccccc3-5)c(C#N)c2C#N)c1. The maximum atomic E-state index is 11.1. The van der Waals surface area contributed by atoms with E-state index in [1.54, 1.807) is 0 Å². The topological polar surface area (TPSA) is 81.2 Å². The summed E-state index contributed by atoms with van der Waals surface area (Å²) >= 11 is 0. The van der Waals surface area contributed by atoms with E-state index in [1.165, 1.54) is 27.8 Å². The summed E-state index contributed by atoms with van der Waals surface area (Å²) in [5, 5.41) is 36.6. The molecule has 1 atom stereocenters. The van der Waals surface area contributed by atoms with Gasteiger partial charge in [0.25, 0.3) is 0 Å². The molecule has 0 bridgehead atoms. The first-order valence-corrected chi connectivity index (χ1v) is 18.9. The van der Waals surface area contributed by atoms with Gasteiger partial charge in [0, 0.05) is 38.6 Å². The number of fused-ring (bicyclic) bond motifs is 10. The Bertz CT molecular complexity index is 3400. The lowest BCUT2D eigenvalue weighted by Crippen LogP contribution is -2.04. The van der Waals surface area contributed by atoms with Crippen molar-refractivity contribution >= 4 is 43.6 Å². The van der Waals surface area contributed by atoms with Gasteiger partial charge < -0.3 is 9.13 Å². The van der Waals surface area contributed by atoms with E-state index in [1.807, 2.05) is 60.7 Å². The standard InChI is InChI=1S/C52H29N5/c53-29-32-22-25-47(56-44-19-9-6-14-35(44)36-15-7-10-20-45(36)56)41(28-32)34-23-26-48(43(31-55)42(34)30-54)57-46-21-11-8-18-39(46)52-49(57)27-24-40-50(33-12-2-1-3-13-33)37-16-4-5-17-38(37)51(40)52/h1-28,50H. The molecule has 0 N–H and O–H groups in total. The summed E-state index contributed by atoms with van der Waals surface area (Å²) in [6.45, 7) is 0. The number of benzene rings is 8. The van der Waals surface area contributed by atoms with E-state index < -0.39 is 0 Å². The molecular weight excluding hydrogens is 695 g/mol. The minimum Gasteiger partial charge on any atom is -0.309 e. The quantitative estimate of drug-likeness (QED) is 0.181. The Morgan fingerprint density at radius 1 is 0.404 bits per heavy atom. The van der Waals surface area contributed by atoms with Crippen LogP contribution in [0.15, 0.2) is 170 Å². The lowest BCUT2D eigenvalue weighted by Gasteiger charge is -2.18. The fourth-order valence-corrected chi connectivity index (χ4v) is 9.45. The summed E-state index contributed by atoms with van der Waals surface area (Å²) in [6.07, 6.45) is 0. The fraction of sp³-hybridized carbons (Fsp3) is 0.0192. The summed E-state index contributed by atoms with van der Waals surface area (Å²) < 4.78 is 4.34. The van der Waals surface area contributed by atoms with Gasteiger partial charge in [-0.25, -0.2) is 0 Å². The second kappa shape index (κ2) is 12.4. The first-order chi connectivity index (χ1) is 28.2. The minimum absolute atomic E-state index is 0.0935. The molecule has 0 spiro atoms. The average Bonchev–Trinajstić information content (AvgIpc) is 3.91. The zero-order valence-electron chi connectivity index (χ0n) is 30.5. The molecule has 0 radical (unpaired) electrons. The van der Waals surface area contributed by atoms with Crippen molar-refractivity contribution in [3.8, 4) is 51.8 Å². The van der Waals surface area contributed by atoms with Crippen molar-refractivity contribution in [1.82, 2.24) is 9.13 Å². The molecule has 1 unspecified atom stereocenters. The van der Waals surface area contributed by atoms with Crippen molar-refractivity contribution in [3.05, 3.63) is 203 Å². The van der Waals surface area contributed by atoms with Crippen LogP contribution in [-0.4, -0.2) is 9.13 Å². The molecule has 10 aromatic rings. The van der Waals surface area contributed by atoms with Gasteiger partial charge in [0.15, 0.2) is 0 Å². The van der Waals surface area contributed by atoms with E-state index in [4.69, 9.17) is 0 Å². The number of nitriles is 3. The predicted octanol–water partition coefficient (Wildman–Crippen LogP) is 12.3. The highest BCUT2D eigenvalue weighted by Crippen LogP contribution is 2.53. The van der Waals surface area contributed by atoms with E-state index in [0.717, 1.165) is 49.3 Å². The van der Waals surface area contributed by atoms with Gasteiger partial charge in [0.1, 0.15) is 12.1 Å². The normalized spacial score (nSPS) is 13.0. The van der Waals surface area contributed by atoms with Crippen LogP contribution in [-0.2, 0) is 0 Å². The monoisotopic (exact) mass is 723 g/mol. The van der Waals surface area contributed by atoms with Crippen LogP contribution >= 0.6 is 0 Å². The number of hydrogen-bond donors (Lipinski definition) is 0. The molecule has 0 aliphatic heterocycles. The maximum Gasteiger partial charge on any atom is 0.103 e. The lowest BCUT2D eigenvalue weighted by atomic mass is 9.89. The molecule has 57 heavy (non-hydrogen) atoms. The van der Waals surface area contributed by atoms with Crippen molar-refractivity contribution in [2.75, 3.05) is 0 Å². The van der Waals surface area contributed by atoms with Crippen LogP contribution in [0.5, 0.6) is 0 Å². The highest BCUT2D eigenvalue weighted by Gasteiger charge is 2.33. The molecule has 262 valence electrons. The molecule has 0 amide bonds. The van der Waals surface area contributed by atoms with Gasteiger partial charge in [-0.1, -0.05) is 121 Å². The second-order valence-corrected chi connectivity index (χ2v) is 14.5. The van der Waals surface area contributed by atoms with Gasteiger partial charge in [-0.05, 0) is 76.3 Å². The van der Waals surface area contributed by atoms with Gasteiger partial charge in [-0.15, -0.1) is 0 Å². The number of nitrogens with zero attached hydrogens (tertiary/aromatic N) is 5. The van der Waals surface area contributed by atoms with Crippen molar-refractivity contribution < 1.29 is 0 Å². The Balaban J connectivity index is 1.18. The highest BCUT2D eigenvalue weighted by atomic mass is 15.0. The summed E-state index contributed by atoms with van der Waals surface area (Å²) in [6, 6.07) is 65.3. The molecule has 11 rings (SSSR count). The van der Waals surface area contributed by atoms with E-state index >= 15 is 0 Å². The molecule has 8 aromatic carbocycles. The molecule has 1 aliphatic rings. The van der Waals surface area contributed by atoms with Crippen LogP contribution in [0.1, 0.15) is 39.3 Å². The summed E-state index contributed by atoms with van der Waals surface area (Å²) in [7, 11) is 0. The van der Waals surface area contributed by atoms with E-state index in [-0.39, 0.29) is 17.0 Å². The summed E-state index contributed by atoms with van der Waals surface area (Å²) in [5.41, 5.74) is 13.8. The third kappa shape index (κ3) is 4.54. The van der Waals surface area contributed by atoms with E-state index in [0.29, 0.717) is 22.4 Å². The zero-order chi connectivity index (χ0) is 38.2. The molecule has 5 nitrogen and oxygen atoms in total. The maximum absolute atomic E-state index is 11.1. The molecule has 2 aromatic heterocycles. The Morgan fingerprint density at radius 2 is 1.00 bits per heavy atom. The van der Waals surface area contributed by atoms with Gasteiger partial charge in [0.05, 0.1) is 56.2 Å². The van der Waals surface area contributed by atoms with E-state index in [9.17, 15) is 15.8 Å². The zero-order valence-corrected chi connectivity index (χ0v) is 30.5. The molecule has 0 saturated carbocycles. The Labute approximate surface area is 328 Å². The molecular formula is C52H29N5. The number of rotatable bonds is 4. The minimum atomic E-state index is 0.0935. The summed E-state index contributed by atoms with van der Waals surface area (Å²) in [5.74, 6) is 0.0935.